The minimum atomic E-state index is -3.99. The minimum Gasteiger partial charge on any atom is -0.376 e. The molecule has 1 fully saturated rings. The lowest BCUT2D eigenvalue weighted by Crippen LogP contribution is -2.39. The molecule has 7 nitrogen and oxygen atoms in total. The summed E-state index contributed by atoms with van der Waals surface area (Å²) in [4.78, 5) is 11.9. The second kappa shape index (κ2) is 7.55. The molecule has 1 saturated heterocycles. The Morgan fingerprint density at radius 1 is 1.48 bits per heavy atom. The van der Waals surface area contributed by atoms with E-state index < -0.39 is 22.0 Å². The van der Waals surface area contributed by atoms with Crippen molar-refractivity contribution in [2.75, 3.05) is 13.2 Å². The van der Waals surface area contributed by atoms with E-state index in [1.54, 1.807) is 0 Å². The SMILES string of the molecule is CC(OCC1CCCO1)C(=O)NS(=O)(=O)c1ccc(C#N)cc1. The Bertz CT molecular complexity index is 688. The summed E-state index contributed by atoms with van der Waals surface area (Å²) in [5, 5.41) is 8.70. The number of sulfonamides is 1. The first-order valence-corrected chi connectivity index (χ1v) is 8.71. The van der Waals surface area contributed by atoms with Gasteiger partial charge in [-0.15, -0.1) is 0 Å². The van der Waals surface area contributed by atoms with Gasteiger partial charge in [0.1, 0.15) is 6.10 Å². The highest BCUT2D eigenvalue weighted by Crippen LogP contribution is 2.13. The normalized spacial score (nSPS) is 19.0. The smallest absolute Gasteiger partial charge is 0.264 e. The molecule has 1 aromatic carbocycles. The highest BCUT2D eigenvalue weighted by Gasteiger charge is 2.24. The number of carbonyl (C=O) groups is 1. The van der Waals surface area contributed by atoms with Crippen LogP contribution < -0.4 is 4.72 Å². The fourth-order valence-corrected chi connectivity index (χ4v) is 3.13. The first kappa shape index (κ1) is 17.4. The van der Waals surface area contributed by atoms with Gasteiger partial charge in [0.15, 0.2) is 0 Å². The first-order chi connectivity index (χ1) is 10.9. The van der Waals surface area contributed by atoms with Crippen LogP contribution in [0.15, 0.2) is 29.2 Å². The van der Waals surface area contributed by atoms with Crippen LogP contribution in [0, 0.1) is 11.3 Å². The van der Waals surface area contributed by atoms with Gasteiger partial charge in [-0.3, -0.25) is 4.79 Å². The van der Waals surface area contributed by atoms with E-state index in [0.717, 1.165) is 12.8 Å². The molecule has 2 unspecified atom stereocenters. The Morgan fingerprint density at radius 2 is 2.17 bits per heavy atom. The molecule has 124 valence electrons. The lowest BCUT2D eigenvalue weighted by atomic mass is 10.2. The molecule has 1 heterocycles. The van der Waals surface area contributed by atoms with Crippen LogP contribution in [0.2, 0.25) is 0 Å². The number of rotatable bonds is 6. The Morgan fingerprint density at radius 3 is 2.74 bits per heavy atom. The fraction of sp³-hybridized carbons (Fsp3) is 0.467. The molecule has 2 rings (SSSR count). The number of nitriles is 1. The molecule has 2 atom stereocenters. The monoisotopic (exact) mass is 338 g/mol. The lowest BCUT2D eigenvalue weighted by molar-refractivity contribution is -0.131. The Kier molecular flexibility index (Phi) is 5.71. The third-order valence-corrected chi connectivity index (χ3v) is 4.82. The lowest BCUT2D eigenvalue weighted by Gasteiger charge is -2.16. The van der Waals surface area contributed by atoms with Gasteiger partial charge in [-0.05, 0) is 44.0 Å². The number of hydrogen-bond acceptors (Lipinski definition) is 6. The van der Waals surface area contributed by atoms with Crippen LogP contribution in [-0.4, -0.2) is 39.7 Å². The number of nitrogens with zero attached hydrogens (tertiary/aromatic N) is 1. The van der Waals surface area contributed by atoms with Crippen LogP contribution in [0.4, 0.5) is 0 Å². The summed E-state index contributed by atoms with van der Waals surface area (Å²) in [5.74, 6) is -0.743. The van der Waals surface area contributed by atoms with Gasteiger partial charge < -0.3 is 9.47 Å². The molecule has 1 amide bonds. The fourth-order valence-electron chi connectivity index (χ4n) is 2.09. The molecule has 0 radical (unpaired) electrons. The molecule has 0 spiro atoms. The average molecular weight is 338 g/mol. The second-order valence-electron chi connectivity index (χ2n) is 5.22. The quantitative estimate of drug-likeness (QED) is 0.828. The Balaban J connectivity index is 1.92. The van der Waals surface area contributed by atoms with Crippen molar-refractivity contribution in [1.29, 1.82) is 5.26 Å². The zero-order chi connectivity index (χ0) is 16.9. The van der Waals surface area contributed by atoms with Crippen molar-refractivity contribution in [1.82, 2.24) is 4.72 Å². The Hall–Kier alpha value is -1.95. The summed E-state index contributed by atoms with van der Waals surface area (Å²) < 4.78 is 36.9. The minimum absolute atomic E-state index is 0.0413. The summed E-state index contributed by atoms with van der Waals surface area (Å²) >= 11 is 0. The van der Waals surface area contributed by atoms with E-state index in [2.05, 4.69) is 0 Å². The largest absolute Gasteiger partial charge is 0.376 e. The summed E-state index contributed by atoms with van der Waals surface area (Å²) in [7, 11) is -3.99. The van der Waals surface area contributed by atoms with E-state index in [4.69, 9.17) is 14.7 Å². The van der Waals surface area contributed by atoms with Crippen LogP contribution in [0.5, 0.6) is 0 Å². The van der Waals surface area contributed by atoms with Gasteiger partial charge in [0, 0.05) is 6.61 Å². The second-order valence-corrected chi connectivity index (χ2v) is 6.90. The third-order valence-electron chi connectivity index (χ3n) is 3.45. The number of benzene rings is 1. The van der Waals surface area contributed by atoms with E-state index in [9.17, 15) is 13.2 Å². The standard InChI is InChI=1S/C15H18N2O5S/c1-11(22-10-13-3-2-8-21-13)15(18)17-23(19,20)14-6-4-12(9-16)5-7-14/h4-7,11,13H,2-3,8,10H2,1H3,(H,17,18). The van der Waals surface area contributed by atoms with Gasteiger partial charge in [0.05, 0.1) is 29.2 Å². The molecule has 0 saturated carbocycles. The molecule has 1 N–H and O–H groups in total. The van der Waals surface area contributed by atoms with Crippen molar-refractivity contribution >= 4 is 15.9 Å². The third kappa shape index (κ3) is 4.76. The van der Waals surface area contributed by atoms with Gasteiger partial charge in [-0.1, -0.05) is 0 Å². The maximum atomic E-state index is 12.1. The molecule has 1 aliphatic rings. The highest BCUT2D eigenvalue weighted by molar-refractivity contribution is 7.90. The highest BCUT2D eigenvalue weighted by atomic mass is 32.2. The van der Waals surface area contributed by atoms with Crippen LogP contribution in [0.25, 0.3) is 0 Å². The zero-order valence-corrected chi connectivity index (χ0v) is 13.5. The Labute approximate surface area is 135 Å². The number of carbonyl (C=O) groups excluding carboxylic acids is 1. The van der Waals surface area contributed by atoms with Crippen molar-refractivity contribution in [2.24, 2.45) is 0 Å². The molecule has 1 aromatic rings. The number of ether oxygens (including phenoxy) is 2. The van der Waals surface area contributed by atoms with Crippen molar-refractivity contribution in [3.05, 3.63) is 29.8 Å². The van der Waals surface area contributed by atoms with Gasteiger partial charge in [0.2, 0.25) is 0 Å². The summed E-state index contributed by atoms with van der Waals surface area (Å²) in [6.07, 6.45) is 0.882. The molecular formula is C15H18N2O5S. The van der Waals surface area contributed by atoms with Crippen molar-refractivity contribution < 1.29 is 22.7 Å². The summed E-state index contributed by atoms with van der Waals surface area (Å²) in [6.45, 7) is 2.42. The van der Waals surface area contributed by atoms with E-state index >= 15 is 0 Å². The molecule has 0 bridgehead atoms. The summed E-state index contributed by atoms with van der Waals surface area (Å²) in [6, 6.07) is 7.18. The van der Waals surface area contributed by atoms with Gasteiger partial charge in [-0.2, -0.15) is 5.26 Å². The molecule has 0 aromatic heterocycles. The average Bonchev–Trinajstić information content (AvgIpc) is 3.05. The van der Waals surface area contributed by atoms with E-state index in [0.29, 0.717) is 12.2 Å². The van der Waals surface area contributed by atoms with Crippen LogP contribution in [-0.2, 0) is 24.3 Å². The van der Waals surface area contributed by atoms with E-state index in [1.807, 2.05) is 10.8 Å². The first-order valence-electron chi connectivity index (χ1n) is 7.22. The predicted octanol–water partition coefficient (Wildman–Crippen LogP) is 0.947. The topological polar surface area (TPSA) is 105 Å². The van der Waals surface area contributed by atoms with Gasteiger partial charge in [0.25, 0.3) is 15.9 Å². The summed E-state index contributed by atoms with van der Waals surface area (Å²) in [5.41, 5.74) is 0.337. The van der Waals surface area contributed by atoms with Gasteiger partial charge >= 0.3 is 0 Å². The van der Waals surface area contributed by atoms with Crippen molar-refractivity contribution in [2.45, 2.75) is 36.9 Å². The maximum absolute atomic E-state index is 12.1. The molecule has 1 aliphatic heterocycles. The van der Waals surface area contributed by atoms with Gasteiger partial charge in [-0.25, -0.2) is 13.1 Å². The number of nitrogens with one attached hydrogen (secondary N) is 1. The maximum Gasteiger partial charge on any atom is 0.264 e. The molecule has 8 heteroatoms. The van der Waals surface area contributed by atoms with Crippen LogP contribution in [0.3, 0.4) is 0 Å². The molecular weight excluding hydrogens is 320 g/mol. The van der Waals surface area contributed by atoms with Crippen molar-refractivity contribution in [3.8, 4) is 6.07 Å². The number of hydrogen-bond donors (Lipinski definition) is 1. The predicted molar refractivity (Wildman–Crippen MR) is 80.9 cm³/mol. The van der Waals surface area contributed by atoms with Crippen molar-refractivity contribution in [3.63, 3.8) is 0 Å². The number of amides is 1. The van der Waals surface area contributed by atoms with Crippen LogP contribution in [0.1, 0.15) is 25.3 Å². The van der Waals surface area contributed by atoms with Crippen LogP contribution >= 0.6 is 0 Å². The zero-order valence-electron chi connectivity index (χ0n) is 12.7. The van der Waals surface area contributed by atoms with E-state index in [1.165, 1.54) is 31.2 Å². The molecule has 0 aliphatic carbocycles. The molecule has 23 heavy (non-hydrogen) atoms. The van der Waals surface area contributed by atoms with E-state index in [-0.39, 0.29) is 17.6 Å².